The van der Waals surface area contributed by atoms with Crippen molar-refractivity contribution >= 4 is 70.9 Å². The highest BCUT2D eigenvalue weighted by molar-refractivity contribution is 6.11. The molecule has 0 saturated heterocycles. The van der Waals surface area contributed by atoms with Gasteiger partial charge in [0.25, 0.3) is 0 Å². The molecule has 4 nitrogen and oxygen atoms in total. The highest BCUT2D eigenvalue weighted by atomic mass is 15.2. The van der Waals surface area contributed by atoms with Gasteiger partial charge in [-0.05, 0) is 92.3 Å². The third kappa shape index (κ3) is 3.99. The molecular formula is C46H28N4. The van der Waals surface area contributed by atoms with Gasteiger partial charge in [-0.3, -0.25) is 8.97 Å². The first-order valence-electron chi connectivity index (χ1n) is 17.0. The summed E-state index contributed by atoms with van der Waals surface area (Å²) in [4.78, 5) is 10.6. The summed E-state index contributed by atoms with van der Waals surface area (Å²) in [5, 5.41) is 8.33. The molecule has 3 aromatic heterocycles. The van der Waals surface area contributed by atoms with Crippen LogP contribution < -0.4 is 0 Å². The average Bonchev–Trinajstić information content (AvgIpc) is 3.73. The Morgan fingerprint density at radius 2 is 0.840 bits per heavy atom. The van der Waals surface area contributed by atoms with E-state index in [2.05, 4.69) is 179 Å². The SMILES string of the molecule is c1ccc2cc(-c3ccc4c5ccc(-c6ccc7ccccc7c6)cc5n(-c5nc6ccccc6c6nc7ccccc7n56)c4c3)ccc2c1. The van der Waals surface area contributed by atoms with E-state index in [1.807, 2.05) is 0 Å². The Kier molecular flexibility index (Phi) is 5.63. The van der Waals surface area contributed by atoms with Crippen LogP contribution in [0.2, 0.25) is 0 Å². The van der Waals surface area contributed by atoms with Gasteiger partial charge in [-0.25, -0.2) is 9.97 Å². The maximum atomic E-state index is 5.44. The predicted octanol–water partition coefficient (Wildman–Crippen LogP) is 11.8. The number of aromatic nitrogens is 4. The van der Waals surface area contributed by atoms with Gasteiger partial charge < -0.3 is 0 Å². The van der Waals surface area contributed by atoms with Gasteiger partial charge in [0, 0.05) is 16.2 Å². The molecular weight excluding hydrogens is 609 g/mol. The van der Waals surface area contributed by atoms with Gasteiger partial charge in [-0.1, -0.05) is 121 Å². The molecule has 11 aromatic rings. The van der Waals surface area contributed by atoms with Crippen LogP contribution in [-0.4, -0.2) is 18.9 Å². The molecule has 3 heterocycles. The minimum Gasteiger partial charge on any atom is -0.279 e. The zero-order valence-corrected chi connectivity index (χ0v) is 27.0. The molecule has 0 fully saturated rings. The van der Waals surface area contributed by atoms with E-state index in [-0.39, 0.29) is 0 Å². The summed E-state index contributed by atoms with van der Waals surface area (Å²) in [7, 11) is 0. The highest BCUT2D eigenvalue weighted by Crippen LogP contribution is 2.39. The molecule has 0 radical (unpaired) electrons. The highest BCUT2D eigenvalue weighted by Gasteiger charge is 2.21. The molecule has 232 valence electrons. The van der Waals surface area contributed by atoms with Crippen LogP contribution in [0.5, 0.6) is 0 Å². The average molecular weight is 637 g/mol. The van der Waals surface area contributed by atoms with Crippen LogP contribution in [0, 0.1) is 0 Å². The number of benzene rings is 8. The molecule has 0 N–H and O–H groups in total. The molecule has 0 aliphatic heterocycles. The molecule has 4 heteroatoms. The van der Waals surface area contributed by atoms with E-state index < -0.39 is 0 Å². The molecule has 0 atom stereocenters. The van der Waals surface area contributed by atoms with Gasteiger partial charge in [-0.15, -0.1) is 0 Å². The van der Waals surface area contributed by atoms with E-state index >= 15 is 0 Å². The Labute approximate surface area is 287 Å². The molecule has 0 aliphatic rings. The first-order chi connectivity index (χ1) is 24.8. The number of hydrogen-bond acceptors (Lipinski definition) is 2. The van der Waals surface area contributed by atoms with Crippen LogP contribution in [-0.2, 0) is 0 Å². The van der Waals surface area contributed by atoms with Crippen molar-refractivity contribution in [2.45, 2.75) is 0 Å². The molecule has 11 rings (SSSR count). The quantitative estimate of drug-likeness (QED) is 0.193. The number of hydrogen-bond donors (Lipinski definition) is 0. The van der Waals surface area contributed by atoms with Crippen molar-refractivity contribution in [1.82, 2.24) is 18.9 Å². The first kappa shape index (κ1) is 27.2. The van der Waals surface area contributed by atoms with Crippen molar-refractivity contribution < 1.29 is 0 Å². The molecule has 0 bridgehead atoms. The first-order valence-corrected chi connectivity index (χ1v) is 17.0. The fraction of sp³-hybridized carbons (Fsp3) is 0. The van der Waals surface area contributed by atoms with Crippen LogP contribution in [0.4, 0.5) is 0 Å². The lowest BCUT2D eigenvalue weighted by Gasteiger charge is -2.13. The second-order valence-corrected chi connectivity index (χ2v) is 13.1. The maximum absolute atomic E-state index is 5.44. The Balaban J connectivity index is 1.26. The number of rotatable bonds is 3. The molecule has 0 unspecified atom stereocenters. The zero-order valence-electron chi connectivity index (χ0n) is 27.0. The smallest absolute Gasteiger partial charge is 0.221 e. The van der Waals surface area contributed by atoms with Crippen LogP contribution in [0.3, 0.4) is 0 Å². The van der Waals surface area contributed by atoms with Crippen molar-refractivity contribution in [2.75, 3.05) is 0 Å². The van der Waals surface area contributed by atoms with Crippen molar-refractivity contribution in [3.8, 4) is 28.2 Å². The number of nitrogens with zero attached hydrogens (tertiary/aromatic N) is 4. The van der Waals surface area contributed by atoms with E-state index in [0.717, 1.165) is 55.7 Å². The Morgan fingerprint density at radius 1 is 0.340 bits per heavy atom. The lowest BCUT2D eigenvalue weighted by atomic mass is 9.99. The number of fused-ring (bicyclic) bond motifs is 10. The monoisotopic (exact) mass is 636 g/mol. The van der Waals surface area contributed by atoms with Gasteiger partial charge >= 0.3 is 0 Å². The Bertz CT molecular complexity index is 3030. The number of para-hydroxylation sites is 3. The Morgan fingerprint density at radius 3 is 1.48 bits per heavy atom. The maximum Gasteiger partial charge on any atom is 0.221 e. The summed E-state index contributed by atoms with van der Waals surface area (Å²) in [6, 6.07) is 61.0. The number of imidazole rings is 1. The van der Waals surface area contributed by atoms with E-state index in [9.17, 15) is 0 Å². The zero-order chi connectivity index (χ0) is 32.8. The van der Waals surface area contributed by atoms with Crippen LogP contribution in [0.25, 0.3) is 99.1 Å². The second-order valence-electron chi connectivity index (χ2n) is 13.1. The molecule has 0 saturated carbocycles. The van der Waals surface area contributed by atoms with Gasteiger partial charge in [-0.2, -0.15) is 0 Å². The minimum atomic E-state index is 0.818. The van der Waals surface area contributed by atoms with E-state index in [4.69, 9.17) is 9.97 Å². The van der Waals surface area contributed by atoms with Crippen molar-refractivity contribution in [1.29, 1.82) is 0 Å². The molecule has 8 aromatic carbocycles. The summed E-state index contributed by atoms with van der Waals surface area (Å²) < 4.78 is 4.59. The molecule has 0 spiro atoms. The summed E-state index contributed by atoms with van der Waals surface area (Å²) in [5.41, 5.74) is 10.7. The lowest BCUT2D eigenvalue weighted by Crippen LogP contribution is -2.06. The van der Waals surface area contributed by atoms with Crippen LogP contribution in [0.1, 0.15) is 0 Å². The lowest BCUT2D eigenvalue weighted by molar-refractivity contribution is 0.979. The van der Waals surface area contributed by atoms with E-state index in [1.165, 1.54) is 43.4 Å². The van der Waals surface area contributed by atoms with Crippen molar-refractivity contribution in [3.63, 3.8) is 0 Å². The summed E-state index contributed by atoms with van der Waals surface area (Å²) in [6.45, 7) is 0. The summed E-state index contributed by atoms with van der Waals surface area (Å²) in [5.74, 6) is 0.818. The van der Waals surface area contributed by atoms with E-state index in [0.29, 0.717) is 0 Å². The fourth-order valence-corrected chi connectivity index (χ4v) is 7.81. The Hall–Kier alpha value is -6.78. The van der Waals surface area contributed by atoms with Crippen molar-refractivity contribution in [3.05, 3.63) is 170 Å². The largest absolute Gasteiger partial charge is 0.279 e. The van der Waals surface area contributed by atoms with Crippen LogP contribution >= 0.6 is 0 Å². The topological polar surface area (TPSA) is 35.1 Å². The van der Waals surface area contributed by atoms with Gasteiger partial charge in [0.05, 0.1) is 27.6 Å². The van der Waals surface area contributed by atoms with Crippen LogP contribution in [0.15, 0.2) is 170 Å². The third-order valence-corrected chi connectivity index (χ3v) is 10.3. The summed E-state index contributed by atoms with van der Waals surface area (Å²) >= 11 is 0. The van der Waals surface area contributed by atoms with Gasteiger partial charge in [0.1, 0.15) is 5.65 Å². The minimum absolute atomic E-state index is 0.818. The van der Waals surface area contributed by atoms with Gasteiger partial charge in [0.2, 0.25) is 5.95 Å². The second kappa shape index (κ2) is 10.4. The molecule has 0 aliphatic carbocycles. The summed E-state index contributed by atoms with van der Waals surface area (Å²) in [6.07, 6.45) is 0. The van der Waals surface area contributed by atoms with E-state index in [1.54, 1.807) is 0 Å². The third-order valence-electron chi connectivity index (χ3n) is 10.3. The van der Waals surface area contributed by atoms with Gasteiger partial charge in [0.15, 0.2) is 0 Å². The normalized spacial score (nSPS) is 12.0. The molecule has 50 heavy (non-hydrogen) atoms. The molecule has 0 amide bonds. The fourth-order valence-electron chi connectivity index (χ4n) is 7.81. The van der Waals surface area contributed by atoms with Crippen molar-refractivity contribution in [2.24, 2.45) is 0 Å². The standard InChI is InChI=1S/C46H28N4/c1-3-11-31-25-33(19-17-29(31)9-1)35-21-23-37-38-24-22-36(34-20-18-30-10-2-4-12-32(30)26-34)28-44(38)49(43(37)27-35)46-48-40-14-6-5-13-39(40)45-47-41-15-7-8-16-42(41)50(45)46/h1-28H. The predicted molar refractivity (Wildman–Crippen MR) is 208 cm³/mol.